The van der Waals surface area contributed by atoms with Gasteiger partial charge in [-0.25, -0.2) is 0 Å². The zero-order valence-electron chi connectivity index (χ0n) is 25.3. The van der Waals surface area contributed by atoms with Crippen LogP contribution in [0.5, 0.6) is 0 Å². The van der Waals surface area contributed by atoms with Crippen molar-refractivity contribution in [2.45, 2.75) is 13.8 Å². The van der Waals surface area contributed by atoms with Crippen molar-refractivity contribution < 1.29 is 0 Å². The Morgan fingerprint density at radius 2 is 0.595 bits per heavy atom. The van der Waals surface area contributed by atoms with Crippen LogP contribution in [0.2, 0.25) is 0 Å². The molecule has 6 heteroatoms. The average molecular weight is 631 g/mol. The Labute approximate surface area is 259 Å². The van der Waals surface area contributed by atoms with Gasteiger partial charge in [-0.15, -0.1) is 0 Å². The van der Waals surface area contributed by atoms with Gasteiger partial charge in [0.1, 0.15) is 0 Å². The van der Waals surface area contributed by atoms with Gasteiger partial charge < -0.3 is 0 Å². The van der Waals surface area contributed by atoms with Crippen LogP contribution in [-0.2, 0) is 0 Å². The molecule has 1 aliphatic heterocycles. The van der Waals surface area contributed by atoms with E-state index in [2.05, 4.69) is 145 Å². The predicted molar refractivity (Wildman–Crippen MR) is 196 cm³/mol. The molecule has 1 fully saturated rings. The Balaban J connectivity index is 1.50. The number of hydrogen-bond acceptors (Lipinski definition) is 2. The molecular formula is C36H46N2P4. The topological polar surface area (TPSA) is 6.48 Å². The third kappa shape index (κ3) is 9.26. The fourth-order valence-corrected chi connectivity index (χ4v) is 17.6. The van der Waals surface area contributed by atoms with Gasteiger partial charge in [-0.2, -0.15) is 0 Å². The Hall–Kier alpha value is -1.48. The second kappa shape index (κ2) is 17.1. The first-order chi connectivity index (χ1) is 20.7. The number of nitrogens with zero attached hydrogens (tertiary/aromatic N) is 2. The van der Waals surface area contributed by atoms with Gasteiger partial charge in [-0.05, 0) is 59.0 Å². The molecule has 4 aromatic carbocycles. The Kier molecular flexibility index (Phi) is 13.0. The number of rotatable bonds is 6. The highest BCUT2D eigenvalue weighted by molar-refractivity contribution is 7.70. The molecule has 5 rings (SSSR count). The van der Waals surface area contributed by atoms with Crippen molar-refractivity contribution in [3.63, 3.8) is 0 Å². The molecule has 2 nitrogen and oxygen atoms in total. The maximum Gasteiger partial charge on any atom is 0.0228 e. The van der Waals surface area contributed by atoms with E-state index in [1.807, 2.05) is 0 Å². The molecule has 0 saturated carbocycles. The van der Waals surface area contributed by atoms with Crippen LogP contribution in [0.15, 0.2) is 121 Å². The molecular weight excluding hydrogens is 584 g/mol. The standard InChI is InChI=1S/C36H46N2P4/c1-3-37-29-39(33-17-9-5-10-18-33)25-27-41(35-21-13-7-14-22-35)31-38(4-2)32-42(36-23-15-8-16-24-36)28-26-40(30-37)34-19-11-6-12-20-34/h5-24H,3-4,25-32H2,1-2H3. The minimum atomic E-state index is -0.251. The van der Waals surface area contributed by atoms with E-state index in [1.54, 1.807) is 21.2 Å². The zero-order chi connectivity index (χ0) is 29.0. The lowest BCUT2D eigenvalue weighted by Crippen LogP contribution is -2.32. The van der Waals surface area contributed by atoms with E-state index in [1.165, 1.54) is 49.8 Å². The Bertz CT molecular complexity index is 1090. The van der Waals surface area contributed by atoms with E-state index in [0.717, 1.165) is 13.1 Å². The Morgan fingerprint density at radius 3 is 0.786 bits per heavy atom. The highest BCUT2D eigenvalue weighted by Gasteiger charge is 2.25. The van der Waals surface area contributed by atoms with Crippen LogP contribution < -0.4 is 21.2 Å². The molecule has 1 heterocycles. The monoisotopic (exact) mass is 630 g/mol. The highest BCUT2D eigenvalue weighted by Crippen LogP contribution is 2.48. The summed E-state index contributed by atoms with van der Waals surface area (Å²) in [6, 6.07) is 45.9. The molecule has 42 heavy (non-hydrogen) atoms. The summed E-state index contributed by atoms with van der Waals surface area (Å²) in [6.45, 7) is 7.02. The van der Waals surface area contributed by atoms with Crippen LogP contribution in [0.3, 0.4) is 0 Å². The maximum atomic E-state index is 2.82. The van der Waals surface area contributed by atoms with Gasteiger partial charge >= 0.3 is 0 Å². The fraction of sp³-hybridized carbons (Fsp3) is 0.333. The molecule has 0 spiro atoms. The summed E-state index contributed by atoms with van der Waals surface area (Å²) in [5.74, 6) is 0. The third-order valence-electron chi connectivity index (χ3n) is 8.14. The molecule has 1 aliphatic rings. The lowest BCUT2D eigenvalue weighted by molar-refractivity contribution is 0.392. The average Bonchev–Trinajstić information content (AvgIpc) is 3.06. The molecule has 0 amide bonds. The molecule has 0 radical (unpaired) electrons. The van der Waals surface area contributed by atoms with E-state index < -0.39 is 0 Å². The van der Waals surface area contributed by atoms with Crippen molar-refractivity contribution in [2.75, 3.05) is 62.9 Å². The first-order valence-corrected chi connectivity index (χ1v) is 22.2. The van der Waals surface area contributed by atoms with Gasteiger partial charge in [-0.3, -0.25) is 9.80 Å². The van der Waals surface area contributed by atoms with E-state index in [-0.39, 0.29) is 31.7 Å². The van der Waals surface area contributed by atoms with Crippen LogP contribution in [0.1, 0.15) is 13.8 Å². The smallest absolute Gasteiger partial charge is 0.0228 e. The van der Waals surface area contributed by atoms with Crippen molar-refractivity contribution >= 4 is 52.9 Å². The molecule has 0 bridgehead atoms. The second-order valence-corrected chi connectivity index (χ2v) is 20.2. The summed E-state index contributed by atoms with van der Waals surface area (Å²) in [5, 5.41) is 6.30. The third-order valence-corrected chi connectivity index (χ3v) is 19.0. The molecule has 0 aromatic heterocycles. The lowest BCUT2D eigenvalue weighted by Gasteiger charge is -2.35. The summed E-state index contributed by atoms with van der Waals surface area (Å²) < 4.78 is 0. The number of benzene rings is 4. The maximum absolute atomic E-state index is 2.82. The van der Waals surface area contributed by atoms with E-state index in [9.17, 15) is 0 Å². The first-order valence-electron chi connectivity index (χ1n) is 15.4. The fourth-order valence-electron chi connectivity index (χ4n) is 5.62. The van der Waals surface area contributed by atoms with E-state index in [4.69, 9.17) is 0 Å². The lowest BCUT2D eigenvalue weighted by atomic mass is 10.4. The highest BCUT2D eigenvalue weighted by atomic mass is 31.1. The summed E-state index contributed by atoms with van der Waals surface area (Å²) in [6.07, 6.45) is 10.1. The molecule has 1 saturated heterocycles. The van der Waals surface area contributed by atoms with Crippen molar-refractivity contribution in [1.29, 1.82) is 0 Å². The van der Waals surface area contributed by atoms with Gasteiger partial charge in [0.15, 0.2) is 0 Å². The van der Waals surface area contributed by atoms with Crippen LogP contribution in [0, 0.1) is 0 Å². The first kappa shape index (κ1) is 31.9. The summed E-state index contributed by atoms with van der Waals surface area (Å²) in [7, 11) is -1.00. The second-order valence-electron chi connectivity index (χ2n) is 10.9. The van der Waals surface area contributed by atoms with Crippen molar-refractivity contribution in [1.82, 2.24) is 9.80 Å². The quantitative estimate of drug-likeness (QED) is 0.202. The molecule has 4 unspecified atom stereocenters. The van der Waals surface area contributed by atoms with Gasteiger partial charge in [0.25, 0.3) is 0 Å². The van der Waals surface area contributed by atoms with Crippen LogP contribution in [0.4, 0.5) is 0 Å². The summed E-state index contributed by atoms with van der Waals surface area (Å²) >= 11 is 0. The van der Waals surface area contributed by atoms with Crippen molar-refractivity contribution in [3.8, 4) is 0 Å². The van der Waals surface area contributed by atoms with Gasteiger partial charge in [0.2, 0.25) is 0 Å². The van der Waals surface area contributed by atoms with Gasteiger partial charge in [0, 0.05) is 25.1 Å². The SMILES string of the molecule is CCN1CP(c2ccccc2)CCP(c2ccccc2)CN(CC)CP(c2ccccc2)CCP(c2ccccc2)C1. The van der Waals surface area contributed by atoms with Crippen LogP contribution >= 0.6 is 31.7 Å². The molecule has 4 atom stereocenters. The van der Waals surface area contributed by atoms with Crippen LogP contribution in [0.25, 0.3) is 0 Å². The van der Waals surface area contributed by atoms with Gasteiger partial charge in [0.05, 0.1) is 0 Å². The summed E-state index contributed by atoms with van der Waals surface area (Å²) in [5.41, 5.74) is 0. The minimum Gasteiger partial charge on any atom is -0.295 e. The van der Waals surface area contributed by atoms with Gasteiger partial charge in [-0.1, -0.05) is 167 Å². The van der Waals surface area contributed by atoms with E-state index >= 15 is 0 Å². The number of hydrogen-bond donors (Lipinski definition) is 0. The molecule has 220 valence electrons. The Morgan fingerprint density at radius 1 is 0.381 bits per heavy atom. The minimum absolute atomic E-state index is 0.251. The zero-order valence-corrected chi connectivity index (χ0v) is 28.9. The normalized spacial score (nSPS) is 23.7. The predicted octanol–water partition coefficient (Wildman–Crippen LogP) is 7.70. The van der Waals surface area contributed by atoms with Crippen LogP contribution in [-0.4, -0.2) is 72.7 Å². The molecule has 4 aromatic rings. The molecule has 0 N–H and O–H groups in total. The van der Waals surface area contributed by atoms with Crippen molar-refractivity contribution in [3.05, 3.63) is 121 Å². The van der Waals surface area contributed by atoms with Crippen molar-refractivity contribution in [2.24, 2.45) is 0 Å². The molecule has 0 aliphatic carbocycles. The largest absolute Gasteiger partial charge is 0.295 e. The summed E-state index contributed by atoms with van der Waals surface area (Å²) in [4.78, 5) is 5.63. The van der Waals surface area contributed by atoms with E-state index in [0.29, 0.717) is 0 Å².